The van der Waals surface area contributed by atoms with Crippen molar-refractivity contribution >= 4 is 18.0 Å². The molecule has 2 fully saturated rings. The highest BCUT2D eigenvalue weighted by Gasteiger charge is 2.58. The topological polar surface area (TPSA) is 78.9 Å². The first-order valence-electron chi connectivity index (χ1n) is 12.3. The van der Waals surface area contributed by atoms with E-state index in [1.54, 1.807) is 48.3 Å². The molecule has 2 aromatic rings. The summed E-state index contributed by atoms with van der Waals surface area (Å²) in [6.07, 6.45) is -1.86. The van der Waals surface area contributed by atoms with Gasteiger partial charge < -0.3 is 15.2 Å². The first-order chi connectivity index (χ1) is 17.4. The van der Waals surface area contributed by atoms with Gasteiger partial charge in [0.25, 0.3) is 5.91 Å². The minimum Gasteiger partial charge on any atom is -0.427 e. The zero-order valence-corrected chi connectivity index (χ0v) is 20.8. The molecule has 1 aliphatic heterocycles. The molecular formula is C28H31F3N2O4. The third-order valence-electron chi connectivity index (χ3n) is 7.53. The van der Waals surface area contributed by atoms with Crippen LogP contribution in [0.5, 0.6) is 5.75 Å². The van der Waals surface area contributed by atoms with Crippen LogP contribution in [0, 0.1) is 0 Å². The lowest BCUT2D eigenvalue weighted by Gasteiger charge is -2.58. The van der Waals surface area contributed by atoms with Crippen molar-refractivity contribution in [2.24, 2.45) is 0 Å². The Balaban J connectivity index is 1.68. The van der Waals surface area contributed by atoms with Crippen molar-refractivity contribution in [3.05, 3.63) is 71.3 Å². The van der Waals surface area contributed by atoms with Gasteiger partial charge in [0.05, 0.1) is 11.8 Å². The Morgan fingerprint density at radius 3 is 2.49 bits per heavy atom. The van der Waals surface area contributed by atoms with Crippen LogP contribution in [0.25, 0.3) is 6.08 Å². The maximum absolute atomic E-state index is 13.9. The molecule has 9 heteroatoms. The van der Waals surface area contributed by atoms with Gasteiger partial charge in [-0.3, -0.25) is 14.5 Å². The average Bonchev–Trinajstić information content (AvgIpc) is 2.82. The van der Waals surface area contributed by atoms with Crippen LogP contribution in [-0.4, -0.2) is 53.4 Å². The maximum atomic E-state index is 13.9. The van der Waals surface area contributed by atoms with E-state index >= 15 is 0 Å². The number of rotatable bonds is 5. The van der Waals surface area contributed by atoms with Gasteiger partial charge in [0, 0.05) is 18.9 Å². The molecule has 198 valence electrons. The van der Waals surface area contributed by atoms with E-state index in [0.717, 1.165) is 24.5 Å². The molecule has 1 amide bonds. The van der Waals surface area contributed by atoms with Crippen molar-refractivity contribution in [2.75, 3.05) is 13.6 Å². The second kappa shape index (κ2) is 10.3. The van der Waals surface area contributed by atoms with E-state index in [2.05, 4.69) is 5.32 Å². The van der Waals surface area contributed by atoms with E-state index in [4.69, 9.17) is 4.74 Å². The van der Waals surface area contributed by atoms with Gasteiger partial charge in [-0.15, -0.1) is 0 Å². The molecule has 2 N–H and O–H groups in total. The zero-order chi connectivity index (χ0) is 26.8. The predicted molar refractivity (Wildman–Crippen MR) is 132 cm³/mol. The van der Waals surface area contributed by atoms with Gasteiger partial charge in [-0.05, 0) is 55.6 Å². The fourth-order valence-electron chi connectivity index (χ4n) is 5.78. The van der Waals surface area contributed by atoms with Crippen molar-refractivity contribution in [3.8, 4) is 5.75 Å². The molecule has 37 heavy (non-hydrogen) atoms. The summed E-state index contributed by atoms with van der Waals surface area (Å²) in [7, 11) is 1.69. The molecule has 1 saturated carbocycles. The standard InChI is InChI=1S/C28H31F3N2O4/c1-19(34)37-22-12-8-11-21(16-22)26-13-6-7-14-27(26,36)18-33(2)24(17-26)32-25(35)23(28(29,30)31)15-20-9-4-3-5-10-20/h3-5,8-12,15-16,24,36H,6-7,13-14,17-18H2,1-2H3,(H,32,35)/t24-,26-,27?/m0/s1. The quantitative estimate of drug-likeness (QED) is 0.346. The van der Waals surface area contributed by atoms with Crippen molar-refractivity contribution in [3.63, 3.8) is 0 Å². The van der Waals surface area contributed by atoms with Gasteiger partial charge in [-0.25, -0.2) is 0 Å². The minimum absolute atomic E-state index is 0.166. The number of likely N-dealkylation sites (tertiary alicyclic amines) is 1. The molecule has 0 radical (unpaired) electrons. The van der Waals surface area contributed by atoms with Crippen LogP contribution in [0.2, 0.25) is 0 Å². The van der Waals surface area contributed by atoms with Crippen LogP contribution in [0.3, 0.4) is 0 Å². The molecule has 3 atom stereocenters. The monoisotopic (exact) mass is 516 g/mol. The molecule has 1 unspecified atom stereocenters. The number of carbonyl (C=O) groups is 2. The zero-order valence-electron chi connectivity index (χ0n) is 20.8. The van der Waals surface area contributed by atoms with Crippen LogP contribution < -0.4 is 10.1 Å². The summed E-state index contributed by atoms with van der Waals surface area (Å²) in [5.74, 6) is -1.37. The Labute approximate surface area is 214 Å². The highest BCUT2D eigenvalue weighted by Crippen LogP contribution is 2.53. The number of piperidine rings is 1. The van der Waals surface area contributed by atoms with E-state index in [1.807, 2.05) is 6.07 Å². The molecule has 2 aromatic carbocycles. The summed E-state index contributed by atoms with van der Waals surface area (Å²) in [5, 5.41) is 14.5. The third-order valence-corrected chi connectivity index (χ3v) is 7.53. The normalized spacial score (nSPS) is 26.8. The largest absolute Gasteiger partial charge is 0.427 e. The van der Waals surface area contributed by atoms with Crippen molar-refractivity contribution in [2.45, 2.75) is 62.4 Å². The molecule has 1 saturated heterocycles. The number of amides is 1. The van der Waals surface area contributed by atoms with Gasteiger partial charge >= 0.3 is 12.1 Å². The van der Waals surface area contributed by atoms with Crippen LogP contribution in [0.15, 0.2) is 60.2 Å². The number of alkyl halides is 3. The summed E-state index contributed by atoms with van der Waals surface area (Å²) in [5.41, 5.74) is -2.29. The second-order valence-electron chi connectivity index (χ2n) is 10.0. The summed E-state index contributed by atoms with van der Waals surface area (Å²) < 4.78 is 47.0. The van der Waals surface area contributed by atoms with Crippen LogP contribution in [0.4, 0.5) is 13.2 Å². The number of hydrogen-bond donors (Lipinski definition) is 2. The predicted octanol–water partition coefficient (Wildman–Crippen LogP) is 4.58. The summed E-state index contributed by atoms with van der Waals surface area (Å²) >= 11 is 0. The van der Waals surface area contributed by atoms with Crippen molar-refractivity contribution in [1.82, 2.24) is 10.2 Å². The number of nitrogens with one attached hydrogen (secondary N) is 1. The molecule has 6 nitrogen and oxygen atoms in total. The van der Waals surface area contributed by atoms with Gasteiger partial charge in [0.1, 0.15) is 11.3 Å². The number of nitrogens with zero attached hydrogens (tertiary/aromatic N) is 1. The van der Waals surface area contributed by atoms with Gasteiger partial charge in [0.15, 0.2) is 0 Å². The second-order valence-corrected chi connectivity index (χ2v) is 10.0. The molecule has 0 aromatic heterocycles. The highest BCUT2D eigenvalue weighted by molar-refractivity contribution is 5.99. The summed E-state index contributed by atoms with van der Waals surface area (Å²) in [6, 6.07) is 14.8. The van der Waals surface area contributed by atoms with Gasteiger partial charge in [-0.2, -0.15) is 13.2 Å². The van der Waals surface area contributed by atoms with E-state index < -0.39 is 40.8 Å². The number of fused-ring (bicyclic) bond motifs is 1. The fourth-order valence-corrected chi connectivity index (χ4v) is 5.78. The average molecular weight is 517 g/mol. The molecule has 2 aliphatic rings. The van der Waals surface area contributed by atoms with E-state index in [1.165, 1.54) is 19.1 Å². The lowest BCUT2D eigenvalue weighted by Crippen LogP contribution is -2.69. The highest BCUT2D eigenvalue weighted by atomic mass is 19.4. The van der Waals surface area contributed by atoms with Crippen LogP contribution in [-0.2, 0) is 15.0 Å². The number of β-amino-alcohol motifs (C(OH)–C–C–N with tert-alkyl or cyclic N) is 1. The van der Waals surface area contributed by atoms with Gasteiger partial charge in [0.2, 0.25) is 0 Å². The number of halogens is 3. The van der Waals surface area contributed by atoms with E-state index in [0.29, 0.717) is 18.6 Å². The SMILES string of the molecule is CC(=O)Oc1cccc([C@@]23CCCCC2(O)CN(C)[C@H](NC(=O)C(=Cc2ccccc2)C(F)(F)F)C3)c1. The summed E-state index contributed by atoms with van der Waals surface area (Å²) in [4.78, 5) is 26.2. The first-order valence-corrected chi connectivity index (χ1v) is 12.3. The van der Waals surface area contributed by atoms with E-state index in [9.17, 15) is 27.9 Å². The summed E-state index contributed by atoms with van der Waals surface area (Å²) in [6.45, 7) is 1.46. The minimum atomic E-state index is -4.85. The lowest BCUT2D eigenvalue weighted by atomic mass is 9.55. The number of aliphatic hydroxyl groups is 1. The van der Waals surface area contributed by atoms with Gasteiger partial charge in [-0.1, -0.05) is 55.3 Å². The van der Waals surface area contributed by atoms with Crippen LogP contribution >= 0.6 is 0 Å². The van der Waals surface area contributed by atoms with E-state index in [-0.39, 0.29) is 18.5 Å². The Bertz CT molecular complexity index is 1180. The first kappa shape index (κ1) is 26.9. The Morgan fingerprint density at radius 2 is 1.81 bits per heavy atom. The molecule has 1 heterocycles. The van der Waals surface area contributed by atoms with Crippen molar-refractivity contribution in [1.29, 1.82) is 0 Å². The Hall–Kier alpha value is -3.17. The molecule has 0 bridgehead atoms. The third kappa shape index (κ3) is 5.57. The smallest absolute Gasteiger partial charge is 0.421 e. The number of carbonyl (C=O) groups excluding carboxylic acids is 2. The number of esters is 1. The molecule has 1 aliphatic carbocycles. The fraction of sp³-hybridized carbons (Fsp3) is 0.429. The lowest BCUT2D eigenvalue weighted by molar-refractivity contribution is -0.147. The Morgan fingerprint density at radius 1 is 1.11 bits per heavy atom. The number of benzene rings is 2. The van der Waals surface area contributed by atoms with Crippen LogP contribution in [0.1, 0.15) is 50.2 Å². The molecule has 0 spiro atoms. The molecular weight excluding hydrogens is 485 g/mol. The Kier molecular flexibility index (Phi) is 7.48. The van der Waals surface area contributed by atoms with Crippen molar-refractivity contribution < 1.29 is 32.6 Å². The number of ether oxygens (including phenoxy) is 1. The maximum Gasteiger partial charge on any atom is 0.421 e. The number of hydrogen-bond acceptors (Lipinski definition) is 5. The molecule has 4 rings (SSSR count). The number of likely N-dealkylation sites (N-methyl/N-ethyl adjacent to an activating group) is 1.